The number of nitrogens with zero attached hydrogens (tertiary/aromatic N) is 4. The van der Waals surface area contributed by atoms with E-state index in [1.54, 1.807) is 19.2 Å². The number of pyridine rings is 1. The van der Waals surface area contributed by atoms with Crippen molar-refractivity contribution in [3.05, 3.63) is 46.4 Å². The van der Waals surface area contributed by atoms with Crippen molar-refractivity contribution in [1.29, 1.82) is 0 Å². The molecule has 7 heteroatoms. The summed E-state index contributed by atoms with van der Waals surface area (Å²) >= 11 is 0. The zero-order valence-electron chi connectivity index (χ0n) is 9.07. The third-order valence-corrected chi connectivity index (χ3v) is 2.30. The lowest BCUT2D eigenvalue weighted by Gasteiger charge is -2.03. The minimum absolute atomic E-state index is 0.0648. The molecule has 0 aliphatic carbocycles. The monoisotopic (exact) mass is 234 g/mol. The van der Waals surface area contributed by atoms with Crippen molar-refractivity contribution in [1.82, 2.24) is 19.3 Å². The fourth-order valence-electron chi connectivity index (χ4n) is 1.45. The molecule has 2 rings (SSSR count). The Kier molecular flexibility index (Phi) is 2.73. The molecular formula is C10H10N4O3. The zero-order chi connectivity index (χ0) is 12.4. The molecule has 1 N–H and O–H groups in total. The number of carboxylic acid groups (broad SMARTS) is 1. The topological polar surface area (TPSA) is 90.0 Å². The summed E-state index contributed by atoms with van der Waals surface area (Å²) in [6, 6.07) is 3.23. The standard InChI is InChI=1S/C10H10N4O3/c1-13-6-12-14(10(13)17)5-7-3-2-4-11-8(7)9(15)16/h2-4,6H,5H2,1H3,(H,15,16). The van der Waals surface area contributed by atoms with Gasteiger partial charge in [-0.05, 0) is 6.07 Å². The van der Waals surface area contributed by atoms with E-state index in [0.717, 1.165) is 0 Å². The zero-order valence-corrected chi connectivity index (χ0v) is 9.07. The molecule has 2 heterocycles. The lowest BCUT2D eigenvalue weighted by atomic mass is 10.2. The van der Waals surface area contributed by atoms with Crippen molar-refractivity contribution in [2.75, 3.05) is 0 Å². The van der Waals surface area contributed by atoms with Crippen LogP contribution in [-0.4, -0.2) is 30.4 Å². The number of hydrogen-bond donors (Lipinski definition) is 1. The SMILES string of the molecule is Cn1cnn(Cc2cccnc2C(=O)O)c1=O. The molecule has 0 bridgehead atoms. The van der Waals surface area contributed by atoms with Crippen molar-refractivity contribution < 1.29 is 9.90 Å². The summed E-state index contributed by atoms with van der Waals surface area (Å²) in [5.41, 5.74) is 0.0797. The molecule has 17 heavy (non-hydrogen) atoms. The molecule has 0 amide bonds. The number of hydrogen-bond acceptors (Lipinski definition) is 4. The first-order chi connectivity index (χ1) is 8.09. The van der Waals surface area contributed by atoms with Crippen LogP contribution in [0.2, 0.25) is 0 Å². The fraction of sp³-hybridized carbons (Fsp3) is 0.200. The summed E-state index contributed by atoms with van der Waals surface area (Å²) in [5, 5.41) is 12.8. The number of aromatic carboxylic acids is 1. The Balaban J connectivity index is 2.40. The number of rotatable bonds is 3. The second-order valence-corrected chi connectivity index (χ2v) is 3.50. The molecule has 0 fully saturated rings. The highest BCUT2D eigenvalue weighted by molar-refractivity contribution is 5.86. The molecule has 0 saturated heterocycles. The van der Waals surface area contributed by atoms with Crippen LogP contribution in [0, 0.1) is 0 Å². The third kappa shape index (κ3) is 2.07. The van der Waals surface area contributed by atoms with Crippen LogP contribution < -0.4 is 5.69 Å². The first-order valence-corrected chi connectivity index (χ1v) is 4.85. The lowest BCUT2D eigenvalue weighted by Crippen LogP contribution is -2.24. The van der Waals surface area contributed by atoms with E-state index in [1.807, 2.05) is 0 Å². The van der Waals surface area contributed by atoms with Crippen molar-refractivity contribution >= 4 is 5.97 Å². The van der Waals surface area contributed by atoms with Crippen LogP contribution in [0.15, 0.2) is 29.5 Å². The number of aromatic nitrogens is 4. The van der Waals surface area contributed by atoms with Gasteiger partial charge in [0.25, 0.3) is 0 Å². The van der Waals surface area contributed by atoms with E-state index in [0.29, 0.717) is 5.56 Å². The third-order valence-electron chi connectivity index (χ3n) is 2.30. The quantitative estimate of drug-likeness (QED) is 0.789. The van der Waals surface area contributed by atoms with Gasteiger partial charge in [-0.3, -0.25) is 4.57 Å². The maximum atomic E-state index is 11.5. The molecule has 2 aromatic heterocycles. The Morgan fingerprint density at radius 1 is 1.53 bits per heavy atom. The summed E-state index contributed by atoms with van der Waals surface area (Å²) in [6.07, 6.45) is 2.77. The van der Waals surface area contributed by atoms with Crippen LogP contribution >= 0.6 is 0 Å². The van der Waals surface area contributed by atoms with E-state index < -0.39 is 5.97 Å². The van der Waals surface area contributed by atoms with Crippen LogP contribution in [0.5, 0.6) is 0 Å². The minimum atomic E-state index is -1.12. The van der Waals surface area contributed by atoms with E-state index >= 15 is 0 Å². The van der Waals surface area contributed by atoms with Gasteiger partial charge in [0.05, 0.1) is 6.54 Å². The minimum Gasteiger partial charge on any atom is -0.477 e. The Morgan fingerprint density at radius 3 is 2.88 bits per heavy atom. The molecule has 0 radical (unpaired) electrons. The van der Waals surface area contributed by atoms with Crippen molar-refractivity contribution in [2.24, 2.45) is 7.05 Å². The van der Waals surface area contributed by atoms with Crippen LogP contribution in [0.1, 0.15) is 16.1 Å². The maximum absolute atomic E-state index is 11.5. The fourth-order valence-corrected chi connectivity index (χ4v) is 1.45. The Morgan fingerprint density at radius 2 is 2.29 bits per heavy atom. The average Bonchev–Trinajstić information content (AvgIpc) is 2.61. The molecule has 2 aromatic rings. The highest BCUT2D eigenvalue weighted by Crippen LogP contribution is 2.06. The Labute approximate surface area is 96.0 Å². The summed E-state index contributed by atoms with van der Waals surface area (Å²) < 4.78 is 2.50. The molecular weight excluding hydrogens is 224 g/mol. The molecule has 0 spiro atoms. The van der Waals surface area contributed by atoms with Gasteiger partial charge in [0.1, 0.15) is 6.33 Å². The Hall–Kier alpha value is -2.44. The number of aryl methyl sites for hydroxylation is 1. The van der Waals surface area contributed by atoms with Crippen LogP contribution in [0.4, 0.5) is 0 Å². The number of carbonyl (C=O) groups is 1. The van der Waals surface area contributed by atoms with E-state index in [4.69, 9.17) is 5.11 Å². The van der Waals surface area contributed by atoms with Crippen LogP contribution in [0.25, 0.3) is 0 Å². The van der Waals surface area contributed by atoms with Gasteiger partial charge >= 0.3 is 11.7 Å². The van der Waals surface area contributed by atoms with Gasteiger partial charge in [0, 0.05) is 18.8 Å². The first-order valence-electron chi connectivity index (χ1n) is 4.85. The Bertz CT molecular complexity index is 614. The summed E-state index contributed by atoms with van der Waals surface area (Å²) in [4.78, 5) is 26.2. The normalized spacial score (nSPS) is 10.4. The van der Waals surface area contributed by atoms with Gasteiger partial charge in [-0.15, -0.1) is 0 Å². The summed E-state index contributed by atoms with van der Waals surface area (Å²) in [5.74, 6) is -1.12. The average molecular weight is 234 g/mol. The van der Waals surface area contributed by atoms with E-state index in [1.165, 1.54) is 21.8 Å². The smallest absolute Gasteiger partial charge is 0.354 e. The predicted molar refractivity (Wildman–Crippen MR) is 57.8 cm³/mol. The molecule has 88 valence electrons. The molecule has 7 nitrogen and oxygen atoms in total. The van der Waals surface area contributed by atoms with E-state index in [9.17, 15) is 9.59 Å². The van der Waals surface area contributed by atoms with Crippen molar-refractivity contribution in [3.63, 3.8) is 0 Å². The molecule has 0 saturated carbocycles. The van der Waals surface area contributed by atoms with Gasteiger partial charge in [0.15, 0.2) is 5.69 Å². The van der Waals surface area contributed by atoms with Gasteiger partial charge in [-0.1, -0.05) is 6.07 Å². The van der Waals surface area contributed by atoms with Gasteiger partial charge in [0.2, 0.25) is 0 Å². The van der Waals surface area contributed by atoms with Crippen LogP contribution in [0.3, 0.4) is 0 Å². The molecule has 0 atom stereocenters. The molecule has 0 aliphatic rings. The summed E-state index contributed by atoms with van der Waals surface area (Å²) in [7, 11) is 1.58. The van der Waals surface area contributed by atoms with Crippen molar-refractivity contribution in [2.45, 2.75) is 6.54 Å². The van der Waals surface area contributed by atoms with Gasteiger partial charge < -0.3 is 5.11 Å². The number of carboxylic acids is 1. The highest BCUT2D eigenvalue weighted by atomic mass is 16.4. The molecule has 0 unspecified atom stereocenters. The highest BCUT2D eigenvalue weighted by Gasteiger charge is 2.12. The second-order valence-electron chi connectivity index (χ2n) is 3.50. The second kappa shape index (κ2) is 4.20. The first kappa shape index (κ1) is 11.1. The van der Waals surface area contributed by atoms with E-state index in [-0.39, 0.29) is 17.9 Å². The maximum Gasteiger partial charge on any atom is 0.354 e. The van der Waals surface area contributed by atoms with E-state index in [2.05, 4.69) is 10.1 Å². The predicted octanol–water partition coefficient (Wildman–Crippen LogP) is -0.277. The van der Waals surface area contributed by atoms with Gasteiger partial charge in [-0.25, -0.2) is 19.3 Å². The largest absolute Gasteiger partial charge is 0.477 e. The van der Waals surface area contributed by atoms with Gasteiger partial charge in [-0.2, -0.15) is 5.10 Å². The lowest BCUT2D eigenvalue weighted by molar-refractivity contribution is 0.0689. The molecule has 0 aliphatic heterocycles. The summed E-state index contributed by atoms with van der Waals surface area (Å²) in [6.45, 7) is 0.0924. The molecule has 0 aromatic carbocycles. The van der Waals surface area contributed by atoms with Crippen molar-refractivity contribution in [3.8, 4) is 0 Å². The van der Waals surface area contributed by atoms with Crippen LogP contribution in [-0.2, 0) is 13.6 Å².